The van der Waals surface area contributed by atoms with E-state index in [-0.39, 0.29) is 11.9 Å². The first-order valence-corrected chi connectivity index (χ1v) is 8.03. The van der Waals surface area contributed by atoms with Gasteiger partial charge in [-0.05, 0) is 44.5 Å². The van der Waals surface area contributed by atoms with E-state index in [2.05, 4.69) is 26.6 Å². The van der Waals surface area contributed by atoms with Crippen molar-refractivity contribution in [3.05, 3.63) is 28.7 Å². The molecule has 2 rings (SSSR count). The van der Waals surface area contributed by atoms with Crippen LogP contribution in [-0.4, -0.2) is 40.9 Å². The maximum Gasteiger partial charge on any atom is 0.319 e. The summed E-state index contributed by atoms with van der Waals surface area (Å²) in [5.41, 5.74) is 5.88. The van der Waals surface area contributed by atoms with Gasteiger partial charge in [0, 0.05) is 16.2 Å². The van der Waals surface area contributed by atoms with Crippen LogP contribution in [-0.2, 0) is 9.59 Å². The maximum absolute atomic E-state index is 12.4. The number of hydrogen-bond acceptors (Lipinski definition) is 3. The van der Waals surface area contributed by atoms with Gasteiger partial charge in [0.1, 0.15) is 12.1 Å². The van der Waals surface area contributed by atoms with Gasteiger partial charge in [-0.2, -0.15) is 0 Å². The Bertz CT molecular complexity index is 620. The van der Waals surface area contributed by atoms with Crippen LogP contribution in [0, 0.1) is 0 Å². The van der Waals surface area contributed by atoms with Gasteiger partial charge in [-0.1, -0.05) is 15.9 Å². The van der Waals surface area contributed by atoms with Crippen molar-refractivity contribution in [2.24, 2.45) is 5.73 Å². The molecule has 4 N–H and O–H groups in total. The van der Waals surface area contributed by atoms with Crippen LogP contribution in [0.4, 0.5) is 10.5 Å². The highest BCUT2D eigenvalue weighted by Crippen LogP contribution is 2.22. The minimum absolute atomic E-state index is 0.164. The fraction of sp³-hybridized carbons (Fsp3) is 0.400. The lowest BCUT2D eigenvalue weighted by Gasteiger charge is -2.26. The number of rotatable bonds is 4. The van der Waals surface area contributed by atoms with E-state index in [1.54, 1.807) is 31.2 Å². The molecule has 3 atom stereocenters. The highest BCUT2D eigenvalue weighted by molar-refractivity contribution is 9.10. The van der Waals surface area contributed by atoms with Crippen molar-refractivity contribution >= 4 is 39.5 Å². The number of urea groups is 1. The van der Waals surface area contributed by atoms with E-state index in [0.29, 0.717) is 12.1 Å². The van der Waals surface area contributed by atoms with Gasteiger partial charge in [0.25, 0.3) is 0 Å². The first-order valence-electron chi connectivity index (χ1n) is 7.24. The minimum Gasteiger partial charge on any atom is -0.368 e. The zero-order valence-electron chi connectivity index (χ0n) is 12.9. The summed E-state index contributed by atoms with van der Waals surface area (Å²) in [7, 11) is 0. The molecule has 0 aliphatic carbocycles. The van der Waals surface area contributed by atoms with Gasteiger partial charge in [-0.25, -0.2) is 4.79 Å². The molecule has 0 saturated carbocycles. The number of nitrogens with one attached hydrogen (secondary N) is 2. The SMILES string of the molecule is CC1C[C@H](NC(=O)Nc2ccc(Br)cc2)C(=O)N1[C@@H](C)C(N)=O. The van der Waals surface area contributed by atoms with Gasteiger partial charge < -0.3 is 21.3 Å². The third-order valence-electron chi connectivity index (χ3n) is 3.84. The van der Waals surface area contributed by atoms with Crippen LogP contribution >= 0.6 is 15.9 Å². The van der Waals surface area contributed by atoms with E-state index in [9.17, 15) is 14.4 Å². The normalized spacial score (nSPS) is 21.9. The van der Waals surface area contributed by atoms with Crippen molar-refractivity contribution in [3.63, 3.8) is 0 Å². The molecule has 1 aromatic rings. The fourth-order valence-corrected chi connectivity index (χ4v) is 2.91. The minimum atomic E-state index is -0.696. The Morgan fingerprint density at radius 1 is 1.35 bits per heavy atom. The van der Waals surface area contributed by atoms with Crippen LogP contribution in [0.2, 0.25) is 0 Å². The van der Waals surface area contributed by atoms with Gasteiger partial charge in [0.2, 0.25) is 11.8 Å². The molecule has 8 heteroatoms. The number of nitrogens with two attached hydrogens (primary N) is 1. The molecule has 7 nitrogen and oxygen atoms in total. The predicted molar refractivity (Wildman–Crippen MR) is 89.7 cm³/mol. The van der Waals surface area contributed by atoms with E-state index in [0.717, 1.165) is 4.47 Å². The largest absolute Gasteiger partial charge is 0.368 e. The predicted octanol–water partition coefficient (Wildman–Crippen LogP) is 1.43. The Balaban J connectivity index is 1.97. The molecule has 1 fully saturated rings. The van der Waals surface area contributed by atoms with Crippen LogP contribution in [0.3, 0.4) is 0 Å². The molecule has 0 bridgehead atoms. The van der Waals surface area contributed by atoms with Gasteiger partial charge >= 0.3 is 6.03 Å². The Morgan fingerprint density at radius 2 is 1.96 bits per heavy atom. The standard InChI is InChI=1S/C15H19BrN4O3/c1-8-7-12(14(22)20(8)9(2)13(17)21)19-15(23)18-11-5-3-10(16)4-6-11/h3-6,8-9,12H,7H2,1-2H3,(H2,17,21)(H2,18,19,23)/t8?,9-,12-/m0/s1. The summed E-state index contributed by atoms with van der Waals surface area (Å²) in [6.07, 6.45) is 0.435. The first kappa shape index (κ1) is 17.3. The Hall–Kier alpha value is -2.09. The van der Waals surface area contributed by atoms with Crippen LogP contribution in [0.1, 0.15) is 20.3 Å². The maximum atomic E-state index is 12.4. The number of primary amides is 1. The van der Waals surface area contributed by atoms with E-state index in [4.69, 9.17) is 5.73 Å². The fourth-order valence-electron chi connectivity index (χ4n) is 2.64. The molecule has 1 heterocycles. The number of nitrogens with zero attached hydrogens (tertiary/aromatic N) is 1. The van der Waals surface area contributed by atoms with Gasteiger partial charge in [-0.15, -0.1) is 0 Å². The van der Waals surface area contributed by atoms with Crippen LogP contribution in [0.25, 0.3) is 0 Å². The molecule has 1 aromatic carbocycles. The highest BCUT2D eigenvalue weighted by Gasteiger charge is 2.41. The van der Waals surface area contributed by atoms with Crippen molar-refractivity contribution in [1.82, 2.24) is 10.2 Å². The average molecular weight is 383 g/mol. The van der Waals surface area contributed by atoms with Crippen LogP contribution in [0.15, 0.2) is 28.7 Å². The number of amides is 4. The third-order valence-corrected chi connectivity index (χ3v) is 4.37. The summed E-state index contributed by atoms with van der Waals surface area (Å²) < 4.78 is 0.902. The van der Waals surface area contributed by atoms with Crippen molar-refractivity contribution in [2.75, 3.05) is 5.32 Å². The van der Waals surface area contributed by atoms with Crippen LogP contribution < -0.4 is 16.4 Å². The zero-order valence-corrected chi connectivity index (χ0v) is 14.5. The second-order valence-electron chi connectivity index (χ2n) is 5.57. The number of halogens is 1. The van der Waals surface area contributed by atoms with Crippen LogP contribution in [0.5, 0.6) is 0 Å². The number of hydrogen-bond donors (Lipinski definition) is 3. The molecule has 1 aliphatic heterocycles. The summed E-state index contributed by atoms with van der Waals surface area (Å²) in [6.45, 7) is 3.41. The van der Waals surface area contributed by atoms with E-state index < -0.39 is 24.0 Å². The number of carbonyl (C=O) groups is 3. The van der Waals surface area contributed by atoms with Gasteiger partial charge in [-0.3, -0.25) is 9.59 Å². The molecule has 124 valence electrons. The molecule has 1 unspecified atom stereocenters. The summed E-state index contributed by atoms with van der Waals surface area (Å²) >= 11 is 3.31. The second-order valence-corrected chi connectivity index (χ2v) is 6.48. The van der Waals surface area contributed by atoms with Gasteiger partial charge in [0.15, 0.2) is 0 Å². The van der Waals surface area contributed by atoms with Crippen molar-refractivity contribution in [2.45, 2.75) is 38.4 Å². The summed E-state index contributed by atoms with van der Waals surface area (Å²) in [5.74, 6) is -0.861. The molecule has 1 saturated heterocycles. The number of likely N-dealkylation sites (tertiary alicyclic amines) is 1. The lowest BCUT2D eigenvalue weighted by Crippen LogP contribution is -2.49. The van der Waals surface area contributed by atoms with E-state index in [1.165, 1.54) is 4.90 Å². The molecular formula is C15H19BrN4O3. The molecule has 1 aliphatic rings. The molecule has 0 spiro atoms. The monoisotopic (exact) mass is 382 g/mol. The summed E-state index contributed by atoms with van der Waals surface area (Å²) in [6, 6.07) is 5.09. The van der Waals surface area contributed by atoms with E-state index in [1.807, 2.05) is 6.92 Å². The molecule has 0 radical (unpaired) electrons. The quantitative estimate of drug-likeness (QED) is 0.733. The molecule has 23 heavy (non-hydrogen) atoms. The zero-order chi connectivity index (χ0) is 17.1. The number of benzene rings is 1. The van der Waals surface area contributed by atoms with Crippen molar-refractivity contribution in [1.29, 1.82) is 0 Å². The summed E-state index contributed by atoms with van der Waals surface area (Å²) in [5, 5.41) is 5.31. The van der Waals surface area contributed by atoms with Gasteiger partial charge in [0.05, 0.1) is 0 Å². The van der Waals surface area contributed by atoms with Crippen molar-refractivity contribution < 1.29 is 14.4 Å². The Kier molecular flexibility index (Phi) is 5.25. The lowest BCUT2D eigenvalue weighted by molar-refractivity contribution is -0.137. The topological polar surface area (TPSA) is 105 Å². The summed E-state index contributed by atoms with van der Waals surface area (Å²) in [4.78, 5) is 37.1. The smallest absolute Gasteiger partial charge is 0.319 e. The molecule has 0 aromatic heterocycles. The number of carbonyl (C=O) groups excluding carboxylic acids is 3. The first-order chi connectivity index (χ1) is 10.8. The molecular weight excluding hydrogens is 364 g/mol. The highest BCUT2D eigenvalue weighted by atomic mass is 79.9. The molecule has 4 amide bonds. The van der Waals surface area contributed by atoms with E-state index >= 15 is 0 Å². The lowest BCUT2D eigenvalue weighted by atomic mass is 10.2. The number of anilines is 1. The second kappa shape index (κ2) is 6.99. The average Bonchev–Trinajstić information content (AvgIpc) is 2.75. The Morgan fingerprint density at radius 3 is 2.52 bits per heavy atom. The Labute approximate surface area is 142 Å². The van der Waals surface area contributed by atoms with Crippen molar-refractivity contribution in [3.8, 4) is 0 Å². The third kappa shape index (κ3) is 4.01.